The summed E-state index contributed by atoms with van der Waals surface area (Å²) in [6.07, 6.45) is 1.91. The second kappa shape index (κ2) is 3.65. The fourth-order valence-electron chi connectivity index (χ4n) is 0.915. The molecule has 0 aliphatic rings. The van der Waals surface area contributed by atoms with Gasteiger partial charge in [0.2, 0.25) is 0 Å². The van der Waals surface area contributed by atoms with Crippen LogP contribution in [0.15, 0.2) is 12.8 Å². The van der Waals surface area contributed by atoms with Crippen LogP contribution in [0.3, 0.4) is 0 Å². The van der Waals surface area contributed by atoms with Crippen molar-refractivity contribution in [1.82, 2.24) is 4.90 Å². The molecule has 0 saturated heterocycles. The summed E-state index contributed by atoms with van der Waals surface area (Å²) in [7, 11) is 0. The summed E-state index contributed by atoms with van der Waals surface area (Å²) in [6.45, 7) is 14.7. The maximum Gasteiger partial charge on any atom is 0.0220 e. The van der Waals surface area contributed by atoms with Crippen LogP contribution in [-0.4, -0.2) is 18.0 Å². The van der Waals surface area contributed by atoms with E-state index < -0.39 is 0 Å². The summed E-state index contributed by atoms with van der Waals surface area (Å²) in [4.78, 5) is 2.22. The number of nitrogens with zero attached hydrogens (tertiary/aromatic N) is 1. The van der Waals surface area contributed by atoms with Gasteiger partial charge in [0, 0.05) is 13.1 Å². The van der Waals surface area contributed by atoms with E-state index in [1.54, 1.807) is 0 Å². The molecule has 0 atom stereocenters. The molecule has 0 saturated carbocycles. The summed E-state index contributed by atoms with van der Waals surface area (Å²) in [5.41, 5.74) is 0.379. The fourth-order valence-corrected chi connectivity index (χ4v) is 0.915. The van der Waals surface area contributed by atoms with Crippen LogP contribution in [0.4, 0.5) is 0 Å². The van der Waals surface area contributed by atoms with E-state index in [4.69, 9.17) is 0 Å². The molecule has 0 fully saturated rings. The van der Waals surface area contributed by atoms with Crippen molar-refractivity contribution in [2.45, 2.75) is 27.7 Å². The van der Waals surface area contributed by atoms with Gasteiger partial charge in [0.25, 0.3) is 0 Å². The van der Waals surface area contributed by atoms with Crippen LogP contribution in [0.25, 0.3) is 0 Å². The van der Waals surface area contributed by atoms with Gasteiger partial charge in [-0.3, -0.25) is 0 Å². The van der Waals surface area contributed by atoms with Crippen LogP contribution in [0.5, 0.6) is 0 Å². The predicted molar refractivity (Wildman–Crippen MR) is 46.9 cm³/mol. The minimum atomic E-state index is 0.379. The minimum Gasteiger partial charge on any atom is -0.378 e. The Labute approximate surface area is 64.7 Å². The molecular weight excluding hydrogens is 122 g/mol. The van der Waals surface area contributed by atoms with Crippen molar-refractivity contribution in [3.05, 3.63) is 12.8 Å². The molecule has 60 valence electrons. The average Bonchev–Trinajstić information content (AvgIpc) is 1.81. The maximum absolute atomic E-state index is 3.74. The molecule has 0 aliphatic heterocycles. The quantitative estimate of drug-likeness (QED) is 0.583. The van der Waals surface area contributed by atoms with Gasteiger partial charge in [-0.05, 0) is 18.5 Å². The Morgan fingerprint density at radius 2 is 1.90 bits per heavy atom. The Bertz CT molecular complexity index is 99.8. The fraction of sp³-hybridized carbons (Fsp3) is 0.778. The van der Waals surface area contributed by atoms with E-state index in [-0.39, 0.29) is 0 Å². The van der Waals surface area contributed by atoms with E-state index in [1.165, 1.54) is 0 Å². The zero-order valence-corrected chi connectivity index (χ0v) is 7.65. The van der Waals surface area contributed by atoms with Gasteiger partial charge in [-0.1, -0.05) is 27.4 Å². The van der Waals surface area contributed by atoms with Crippen molar-refractivity contribution < 1.29 is 0 Å². The molecule has 10 heavy (non-hydrogen) atoms. The van der Waals surface area contributed by atoms with E-state index in [0.717, 1.165) is 13.1 Å². The molecule has 0 unspecified atom stereocenters. The van der Waals surface area contributed by atoms with Crippen LogP contribution >= 0.6 is 0 Å². The molecule has 0 N–H and O–H groups in total. The Balaban J connectivity index is 3.74. The maximum atomic E-state index is 3.74. The first-order valence-electron chi connectivity index (χ1n) is 3.86. The highest BCUT2D eigenvalue weighted by atomic mass is 15.1. The Morgan fingerprint density at radius 1 is 1.40 bits per heavy atom. The third-order valence-corrected chi connectivity index (χ3v) is 1.34. The highest BCUT2D eigenvalue weighted by Gasteiger charge is 2.11. The number of hydrogen-bond donors (Lipinski definition) is 0. The lowest BCUT2D eigenvalue weighted by Gasteiger charge is -2.27. The molecule has 0 radical (unpaired) electrons. The predicted octanol–water partition coefficient (Wildman–Crippen LogP) is 2.50. The van der Waals surface area contributed by atoms with Gasteiger partial charge >= 0.3 is 0 Å². The van der Waals surface area contributed by atoms with Crippen molar-refractivity contribution in [2.75, 3.05) is 13.1 Å². The van der Waals surface area contributed by atoms with E-state index in [1.807, 2.05) is 6.20 Å². The monoisotopic (exact) mass is 141 g/mol. The Kier molecular flexibility index (Phi) is 3.48. The summed E-state index contributed by atoms with van der Waals surface area (Å²) in [6, 6.07) is 0. The molecule has 0 bridgehead atoms. The number of rotatable bonds is 3. The molecule has 0 aromatic heterocycles. The highest BCUT2D eigenvalue weighted by Crippen LogP contribution is 2.14. The van der Waals surface area contributed by atoms with Gasteiger partial charge in [-0.2, -0.15) is 0 Å². The summed E-state index contributed by atoms with van der Waals surface area (Å²) in [5, 5.41) is 0. The van der Waals surface area contributed by atoms with E-state index in [9.17, 15) is 0 Å². The van der Waals surface area contributed by atoms with Gasteiger partial charge in [0.1, 0.15) is 0 Å². The lowest BCUT2D eigenvalue weighted by atomic mass is 9.96. The Morgan fingerprint density at radius 3 is 2.00 bits per heavy atom. The van der Waals surface area contributed by atoms with Crippen molar-refractivity contribution in [1.29, 1.82) is 0 Å². The molecule has 0 spiro atoms. The zero-order chi connectivity index (χ0) is 8.20. The van der Waals surface area contributed by atoms with Crippen molar-refractivity contribution in [3.63, 3.8) is 0 Å². The second-order valence-electron chi connectivity index (χ2n) is 3.81. The molecule has 1 heteroatoms. The third-order valence-electron chi connectivity index (χ3n) is 1.34. The van der Waals surface area contributed by atoms with Gasteiger partial charge < -0.3 is 4.90 Å². The van der Waals surface area contributed by atoms with Crippen LogP contribution < -0.4 is 0 Å². The minimum absolute atomic E-state index is 0.379. The topological polar surface area (TPSA) is 3.24 Å². The SMILES string of the molecule is C=CN(CC)CC(C)(C)C. The molecule has 0 aromatic carbocycles. The lowest BCUT2D eigenvalue weighted by Crippen LogP contribution is -2.27. The van der Waals surface area contributed by atoms with Gasteiger partial charge in [-0.25, -0.2) is 0 Å². The summed E-state index contributed by atoms with van der Waals surface area (Å²) < 4.78 is 0. The Hall–Kier alpha value is -0.460. The zero-order valence-electron chi connectivity index (χ0n) is 7.65. The highest BCUT2D eigenvalue weighted by molar-refractivity contribution is 4.75. The molecule has 0 aromatic rings. The smallest absolute Gasteiger partial charge is 0.0220 e. The van der Waals surface area contributed by atoms with Crippen molar-refractivity contribution in [2.24, 2.45) is 5.41 Å². The van der Waals surface area contributed by atoms with Crippen molar-refractivity contribution in [3.8, 4) is 0 Å². The number of hydrogen-bond acceptors (Lipinski definition) is 1. The normalized spacial score (nSPS) is 11.2. The molecule has 0 rings (SSSR count). The molecular formula is C9H19N. The standard InChI is InChI=1S/C9H19N/c1-6-10(7-2)8-9(3,4)5/h6H,1,7-8H2,2-5H3. The van der Waals surface area contributed by atoms with Crippen molar-refractivity contribution >= 4 is 0 Å². The van der Waals surface area contributed by atoms with Crippen LogP contribution in [0, 0.1) is 5.41 Å². The average molecular weight is 141 g/mol. The summed E-state index contributed by atoms with van der Waals surface area (Å²) in [5.74, 6) is 0. The second-order valence-corrected chi connectivity index (χ2v) is 3.81. The molecule has 1 nitrogen and oxygen atoms in total. The largest absolute Gasteiger partial charge is 0.378 e. The van der Waals surface area contributed by atoms with Crippen LogP contribution in [0.1, 0.15) is 27.7 Å². The molecule has 0 heterocycles. The molecule has 0 aliphatic carbocycles. The van der Waals surface area contributed by atoms with Gasteiger partial charge in [0.15, 0.2) is 0 Å². The first kappa shape index (κ1) is 9.54. The van der Waals surface area contributed by atoms with Gasteiger partial charge in [0.05, 0.1) is 0 Å². The van der Waals surface area contributed by atoms with E-state index in [0.29, 0.717) is 5.41 Å². The van der Waals surface area contributed by atoms with Crippen LogP contribution in [-0.2, 0) is 0 Å². The van der Waals surface area contributed by atoms with E-state index >= 15 is 0 Å². The summed E-state index contributed by atoms with van der Waals surface area (Å²) >= 11 is 0. The van der Waals surface area contributed by atoms with E-state index in [2.05, 4.69) is 39.2 Å². The van der Waals surface area contributed by atoms with Gasteiger partial charge in [-0.15, -0.1) is 0 Å². The first-order valence-corrected chi connectivity index (χ1v) is 3.86. The first-order chi connectivity index (χ1) is 4.49. The van der Waals surface area contributed by atoms with Crippen LogP contribution in [0.2, 0.25) is 0 Å². The third kappa shape index (κ3) is 4.42. The molecule has 0 amide bonds. The lowest BCUT2D eigenvalue weighted by molar-refractivity contribution is 0.260.